The van der Waals surface area contributed by atoms with Gasteiger partial charge in [0.2, 0.25) is 10.0 Å². The quantitative estimate of drug-likeness (QED) is 0.179. The second kappa shape index (κ2) is 12.6. The molecule has 0 saturated heterocycles. The van der Waals surface area contributed by atoms with Gasteiger partial charge in [0.1, 0.15) is 16.8 Å². The first-order valence-corrected chi connectivity index (χ1v) is 14.4. The van der Waals surface area contributed by atoms with Gasteiger partial charge in [-0.3, -0.25) is 14.3 Å². The number of anilines is 1. The summed E-state index contributed by atoms with van der Waals surface area (Å²) in [5, 5.41) is 20.4. The van der Waals surface area contributed by atoms with Gasteiger partial charge in [-0.15, -0.1) is 0 Å². The number of benzene rings is 2. The number of para-hydroxylation sites is 1. The number of sulfonamides is 1. The fraction of sp³-hybridized carbons (Fsp3) is 0.231. The lowest BCUT2D eigenvalue weighted by atomic mass is 10.1. The van der Waals surface area contributed by atoms with Gasteiger partial charge in [0.15, 0.2) is 0 Å². The summed E-state index contributed by atoms with van der Waals surface area (Å²) in [6, 6.07) is 13.2. The molecule has 1 atom stereocenters. The Morgan fingerprint density at radius 3 is 2.45 bits per heavy atom. The zero-order valence-corrected chi connectivity index (χ0v) is 23.6. The van der Waals surface area contributed by atoms with Crippen LogP contribution >= 0.6 is 23.2 Å². The molecular weight excluding hydrogens is 579 g/mol. The summed E-state index contributed by atoms with van der Waals surface area (Å²) >= 11 is 12.0. The second-order valence-corrected chi connectivity index (χ2v) is 11.3. The molecule has 2 heterocycles. The predicted octanol–water partition coefficient (Wildman–Crippen LogP) is 3.48. The maximum atomic E-state index is 13.1. The minimum absolute atomic E-state index is 0.167. The molecule has 0 spiro atoms. The number of pyridine rings is 1. The van der Waals surface area contributed by atoms with Crippen molar-refractivity contribution in [3.05, 3.63) is 82.1 Å². The molecule has 2 aromatic heterocycles. The van der Waals surface area contributed by atoms with E-state index in [0.717, 1.165) is 23.3 Å². The highest BCUT2D eigenvalue weighted by atomic mass is 35.5. The number of hydrogen-bond acceptors (Lipinski definition) is 7. The molecule has 4 rings (SSSR count). The zero-order chi connectivity index (χ0) is 28.9. The normalized spacial score (nSPS) is 12.3. The molecule has 1 unspecified atom stereocenters. The molecular formula is C26H26Cl2N6O5S. The van der Waals surface area contributed by atoms with Crippen LogP contribution in [0.2, 0.25) is 10.0 Å². The fourth-order valence-electron chi connectivity index (χ4n) is 4.17. The van der Waals surface area contributed by atoms with Crippen LogP contribution in [0.5, 0.6) is 0 Å². The summed E-state index contributed by atoms with van der Waals surface area (Å²) in [7, 11) is -2.70. The van der Waals surface area contributed by atoms with Gasteiger partial charge < -0.3 is 15.7 Å². The minimum Gasteiger partial charge on any atom is -0.480 e. The summed E-state index contributed by atoms with van der Waals surface area (Å²) in [4.78, 5) is 28.8. The molecule has 0 fully saturated rings. The van der Waals surface area contributed by atoms with E-state index in [2.05, 4.69) is 25.4 Å². The van der Waals surface area contributed by atoms with Crippen molar-refractivity contribution in [1.29, 1.82) is 0 Å². The van der Waals surface area contributed by atoms with Crippen molar-refractivity contribution in [2.24, 2.45) is 7.05 Å². The summed E-state index contributed by atoms with van der Waals surface area (Å²) < 4.78 is 29.3. The number of aliphatic carboxylic acids is 1. The third-order valence-corrected chi connectivity index (χ3v) is 8.42. The van der Waals surface area contributed by atoms with Crippen molar-refractivity contribution in [3.63, 3.8) is 0 Å². The van der Waals surface area contributed by atoms with Crippen LogP contribution < -0.4 is 15.4 Å². The van der Waals surface area contributed by atoms with E-state index in [0.29, 0.717) is 18.5 Å². The molecule has 0 saturated carbocycles. The molecule has 0 aliphatic heterocycles. The van der Waals surface area contributed by atoms with Crippen molar-refractivity contribution in [1.82, 2.24) is 24.8 Å². The predicted molar refractivity (Wildman–Crippen MR) is 152 cm³/mol. The Labute approximate surface area is 240 Å². The Morgan fingerprint density at radius 2 is 1.77 bits per heavy atom. The van der Waals surface area contributed by atoms with E-state index in [4.69, 9.17) is 23.2 Å². The molecule has 1 amide bonds. The Bertz CT molecular complexity index is 1630. The second-order valence-electron chi connectivity index (χ2n) is 8.79. The Hall–Kier alpha value is -3.71. The molecule has 210 valence electrons. The zero-order valence-electron chi connectivity index (χ0n) is 21.3. The van der Waals surface area contributed by atoms with Crippen LogP contribution in [-0.4, -0.2) is 59.3 Å². The number of nitrogens with one attached hydrogen (secondary N) is 3. The number of amides is 1. The highest BCUT2D eigenvalue weighted by Crippen LogP contribution is 2.29. The van der Waals surface area contributed by atoms with E-state index in [1.54, 1.807) is 30.1 Å². The van der Waals surface area contributed by atoms with E-state index < -0.39 is 39.4 Å². The molecule has 0 aliphatic rings. The maximum absolute atomic E-state index is 13.1. The van der Waals surface area contributed by atoms with E-state index in [9.17, 15) is 23.1 Å². The Kier molecular flexibility index (Phi) is 9.25. The maximum Gasteiger partial charge on any atom is 0.323 e. The number of hydrogen-bond donors (Lipinski definition) is 4. The molecule has 4 aromatic rings. The summed E-state index contributed by atoms with van der Waals surface area (Å²) in [6.07, 6.45) is 3.13. The van der Waals surface area contributed by atoms with Crippen molar-refractivity contribution < 1.29 is 23.1 Å². The largest absolute Gasteiger partial charge is 0.480 e. The summed E-state index contributed by atoms with van der Waals surface area (Å²) in [5.74, 6) is -1.30. The highest BCUT2D eigenvalue weighted by molar-refractivity contribution is 7.89. The van der Waals surface area contributed by atoms with Crippen molar-refractivity contribution in [2.45, 2.75) is 23.8 Å². The average molecular weight is 606 g/mol. The molecule has 4 N–H and O–H groups in total. The number of rotatable bonds is 12. The van der Waals surface area contributed by atoms with E-state index in [1.165, 1.54) is 18.2 Å². The van der Waals surface area contributed by atoms with Gasteiger partial charge in [0.25, 0.3) is 5.91 Å². The number of aromatic nitrogens is 3. The van der Waals surface area contributed by atoms with Crippen LogP contribution in [0.25, 0.3) is 10.9 Å². The van der Waals surface area contributed by atoms with Gasteiger partial charge in [-0.1, -0.05) is 47.5 Å². The lowest BCUT2D eigenvalue weighted by Gasteiger charge is -2.17. The minimum atomic E-state index is -4.41. The van der Waals surface area contributed by atoms with Gasteiger partial charge in [0.05, 0.1) is 26.8 Å². The molecule has 0 radical (unpaired) electrons. The lowest BCUT2D eigenvalue weighted by molar-refractivity contribution is -0.138. The number of fused-ring (bicyclic) bond motifs is 1. The smallest absolute Gasteiger partial charge is 0.323 e. The van der Waals surface area contributed by atoms with Crippen LogP contribution in [0, 0.1) is 0 Å². The number of nitrogens with zero attached hydrogens (tertiary/aromatic N) is 3. The first-order chi connectivity index (χ1) is 19.1. The third kappa shape index (κ3) is 6.70. The topological polar surface area (TPSA) is 155 Å². The summed E-state index contributed by atoms with van der Waals surface area (Å²) in [5.41, 5.74) is 1.65. The number of halogens is 2. The van der Waals surface area contributed by atoms with Crippen LogP contribution in [0.4, 0.5) is 5.82 Å². The van der Waals surface area contributed by atoms with Crippen LogP contribution in [0.3, 0.4) is 0 Å². The molecule has 0 aliphatic carbocycles. The molecule has 2 aromatic carbocycles. The van der Waals surface area contributed by atoms with Crippen molar-refractivity contribution in [3.8, 4) is 0 Å². The monoisotopic (exact) mass is 604 g/mol. The van der Waals surface area contributed by atoms with Crippen LogP contribution in [0.15, 0.2) is 65.7 Å². The highest BCUT2D eigenvalue weighted by Gasteiger charge is 2.29. The van der Waals surface area contributed by atoms with Gasteiger partial charge >= 0.3 is 5.97 Å². The Balaban J connectivity index is 1.45. The molecule has 14 heteroatoms. The van der Waals surface area contributed by atoms with Gasteiger partial charge in [-0.2, -0.15) is 9.82 Å². The standard InChI is InChI=1S/C26H26Cl2N6O5S/c1-34-23-16(20(32-34)11-6-14-30-22-12-2-3-13-29-22)7-4-8-17(23)25(35)31-15-21(26(36)37)33-40(38,39)24-18(27)9-5-10-19(24)28/h2-5,7-10,12-13,21,33H,6,11,14-15H2,1H3,(H,29,30)(H,31,35)(H,36,37). The first-order valence-electron chi connectivity index (χ1n) is 12.2. The van der Waals surface area contributed by atoms with Crippen LogP contribution in [0.1, 0.15) is 22.5 Å². The molecule has 0 bridgehead atoms. The van der Waals surface area contributed by atoms with Gasteiger partial charge in [0, 0.05) is 31.7 Å². The van der Waals surface area contributed by atoms with E-state index in [-0.39, 0.29) is 15.6 Å². The first kappa shape index (κ1) is 29.3. The third-order valence-electron chi connectivity index (χ3n) is 6.00. The lowest BCUT2D eigenvalue weighted by Crippen LogP contribution is -2.48. The molecule has 11 nitrogen and oxygen atoms in total. The number of carbonyl (C=O) groups excluding carboxylic acids is 1. The number of carboxylic acid groups (broad SMARTS) is 1. The van der Waals surface area contributed by atoms with Crippen molar-refractivity contribution in [2.75, 3.05) is 18.4 Å². The van der Waals surface area contributed by atoms with Gasteiger partial charge in [-0.05, 0) is 43.2 Å². The van der Waals surface area contributed by atoms with E-state index >= 15 is 0 Å². The summed E-state index contributed by atoms with van der Waals surface area (Å²) in [6.45, 7) is 0.150. The fourth-order valence-corrected chi connectivity index (χ4v) is 6.51. The van der Waals surface area contributed by atoms with Crippen LogP contribution in [-0.2, 0) is 28.3 Å². The molecule has 40 heavy (non-hydrogen) atoms. The van der Waals surface area contributed by atoms with Crippen molar-refractivity contribution >= 4 is 61.8 Å². The number of carboxylic acids is 1. The number of aryl methyl sites for hydroxylation is 2. The SMILES string of the molecule is Cn1nc(CCCNc2ccccn2)c2cccc(C(=O)NCC(NS(=O)(=O)c3c(Cl)cccc3Cl)C(=O)O)c21. The van der Waals surface area contributed by atoms with Gasteiger partial charge in [-0.25, -0.2) is 13.4 Å². The average Bonchev–Trinajstić information content (AvgIpc) is 3.24. The van der Waals surface area contributed by atoms with E-state index in [1.807, 2.05) is 24.3 Å². The number of carbonyl (C=O) groups is 2. The Morgan fingerprint density at radius 1 is 1.05 bits per heavy atom.